The van der Waals surface area contributed by atoms with Gasteiger partial charge in [-0.3, -0.25) is 4.98 Å². The van der Waals surface area contributed by atoms with E-state index < -0.39 is 11.8 Å². The van der Waals surface area contributed by atoms with Crippen molar-refractivity contribution in [2.75, 3.05) is 0 Å². The van der Waals surface area contributed by atoms with Gasteiger partial charge in [-0.25, -0.2) is 9.18 Å². The molecule has 0 atom stereocenters. The molecule has 0 aliphatic carbocycles. The van der Waals surface area contributed by atoms with Gasteiger partial charge >= 0.3 is 5.97 Å². The summed E-state index contributed by atoms with van der Waals surface area (Å²) in [6.07, 6.45) is 4.47. The number of aromatic carboxylic acids is 1. The second-order valence-corrected chi connectivity index (χ2v) is 8.33. The van der Waals surface area contributed by atoms with Gasteiger partial charge in [-0.05, 0) is 49.2 Å². The topological polar surface area (TPSA) is 55.1 Å². The van der Waals surface area contributed by atoms with Crippen LogP contribution in [0.1, 0.15) is 28.5 Å². The Morgan fingerprint density at radius 1 is 1.23 bits per heavy atom. The third-order valence-corrected chi connectivity index (χ3v) is 6.45. The van der Waals surface area contributed by atoms with Crippen LogP contribution >= 0.6 is 23.4 Å². The van der Waals surface area contributed by atoms with E-state index >= 15 is 0 Å². The van der Waals surface area contributed by atoms with Crippen molar-refractivity contribution in [3.05, 3.63) is 82.5 Å². The van der Waals surface area contributed by atoms with Crippen molar-refractivity contribution in [3.63, 3.8) is 0 Å². The smallest absolute Gasteiger partial charge is 0.338 e. The van der Waals surface area contributed by atoms with E-state index in [1.165, 1.54) is 17.8 Å². The van der Waals surface area contributed by atoms with Gasteiger partial charge in [-0.2, -0.15) is 0 Å². The molecule has 0 bridgehead atoms. The van der Waals surface area contributed by atoms with E-state index in [1.54, 1.807) is 24.4 Å². The number of hydrogen-bond acceptors (Lipinski definition) is 3. The summed E-state index contributed by atoms with van der Waals surface area (Å²) in [4.78, 5) is 16.8. The maximum Gasteiger partial charge on any atom is 0.338 e. The molecule has 4 nitrogen and oxygen atoms in total. The fourth-order valence-corrected chi connectivity index (χ4v) is 4.73. The molecule has 0 spiro atoms. The molecule has 4 aromatic rings. The molecule has 7 heteroatoms. The van der Waals surface area contributed by atoms with Crippen molar-refractivity contribution in [2.24, 2.45) is 0 Å². The van der Waals surface area contributed by atoms with Crippen molar-refractivity contribution in [3.8, 4) is 5.69 Å². The summed E-state index contributed by atoms with van der Waals surface area (Å²) in [5, 5.41) is 10.7. The maximum absolute atomic E-state index is 14.8. The highest BCUT2D eigenvalue weighted by atomic mass is 35.5. The summed E-state index contributed by atoms with van der Waals surface area (Å²) in [6.45, 7) is 4.02. The average molecular weight is 441 g/mol. The predicted molar refractivity (Wildman–Crippen MR) is 118 cm³/mol. The summed E-state index contributed by atoms with van der Waals surface area (Å²) < 4.78 is 16.8. The number of aromatic nitrogens is 2. The molecule has 30 heavy (non-hydrogen) atoms. The Morgan fingerprint density at radius 3 is 2.77 bits per heavy atom. The van der Waals surface area contributed by atoms with E-state index in [0.717, 1.165) is 39.2 Å². The van der Waals surface area contributed by atoms with Crippen LogP contribution in [0, 0.1) is 12.7 Å². The lowest BCUT2D eigenvalue weighted by atomic mass is 10.2. The van der Waals surface area contributed by atoms with E-state index in [2.05, 4.69) is 22.5 Å². The summed E-state index contributed by atoms with van der Waals surface area (Å²) in [6, 6.07) is 12.0. The van der Waals surface area contributed by atoms with Crippen LogP contribution in [0.2, 0.25) is 5.02 Å². The van der Waals surface area contributed by atoms with Crippen molar-refractivity contribution in [1.29, 1.82) is 0 Å². The molecule has 4 rings (SSSR count). The Bertz CT molecular complexity index is 1290. The molecule has 152 valence electrons. The molecular formula is C23H18ClFN2O2S. The van der Waals surface area contributed by atoms with Crippen molar-refractivity contribution in [2.45, 2.75) is 30.1 Å². The summed E-state index contributed by atoms with van der Waals surface area (Å²) >= 11 is 7.49. The Kier molecular flexibility index (Phi) is 5.54. The summed E-state index contributed by atoms with van der Waals surface area (Å²) in [5.74, 6) is -2.03. The third-order valence-electron chi connectivity index (χ3n) is 4.96. The van der Waals surface area contributed by atoms with Gasteiger partial charge in [-0.1, -0.05) is 42.4 Å². The minimum atomic E-state index is -1.29. The number of carboxylic acids is 1. The molecule has 2 aromatic carbocycles. The highest BCUT2D eigenvalue weighted by Gasteiger charge is 2.20. The lowest BCUT2D eigenvalue weighted by molar-refractivity contribution is 0.0691. The normalized spacial score (nSPS) is 11.2. The maximum atomic E-state index is 14.8. The monoisotopic (exact) mass is 440 g/mol. The van der Waals surface area contributed by atoms with Crippen LogP contribution in [0.4, 0.5) is 4.39 Å². The number of carboxylic acid groups (broad SMARTS) is 1. The molecule has 0 amide bonds. The van der Waals surface area contributed by atoms with E-state index in [-0.39, 0.29) is 10.5 Å². The first-order chi connectivity index (χ1) is 14.4. The minimum Gasteiger partial charge on any atom is -0.478 e. The zero-order valence-corrected chi connectivity index (χ0v) is 17.9. The number of hydrogen-bond donors (Lipinski definition) is 1. The molecule has 0 unspecified atom stereocenters. The lowest BCUT2D eigenvalue weighted by Gasteiger charge is -2.10. The molecule has 2 heterocycles. The Balaban J connectivity index is 1.93. The number of fused-ring (bicyclic) bond motifs is 1. The minimum absolute atomic E-state index is 0.257. The first-order valence-corrected chi connectivity index (χ1v) is 10.5. The molecular weight excluding hydrogens is 423 g/mol. The fraction of sp³-hybridized carbons (Fsp3) is 0.130. The Labute approximate surface area is 182 Å². The van der Waals surface area contributed by atoms with Gasteiger partial charge in [0, 0.05) is 32.1 Å². The number of carbonyl (C=O) groups is 1. The van der Waals surface area contributed by atoms with Crippen LogP contribution in [-0.4, -0.2) is 20.6 Å². The van der Waals surface area contributed by atoms with Crippen LogP contribution in [0.3, 0.4) is 0 Å². The number of nitrogens with zero attached hydrogens (tertiary/aromatic N) is 2. The fourth-order valence-electron chi connectivity index (χ4n) is 3.47. The van der Waals surface area contributed by atoms with Crippen molar-refractivity contribution in [1.82, 2.24) is 9.55 Å². The first kappa shape index (κ1) is 20.4. The quantitative estimate of drug-likeness (QED) is 0.383. The molecule has 0 fully saturated rings. The largest absolute Gasteiger partial charge is 0.478 e. The molecule has 0 saturated heterocycles. The third kappa shape index (κ3) is 3.57. The zero-order valence-electron chi connectivity index (χ0n) is 16.3. The molecule has 0 saturated carbocycles. The molecule has 0 aliphatic rings. The molecule has 0 aliphatic heterocycles. The van der Waals surface area contributed by atoms with Crippen molar-refractivity contribution >= 4 is 40.2 Å². The zero-order chi connectivity index (χ0) is 21.4. The summed E-state index contributed by atoms with van der Waals surface area (Å²) in [5.41, 5.74) is 3.43. The molecule has 1 N–H and O–H groups in total. The molecule has 2 aromatic heterocycles. The predicted octanol–water partition coefficient (Wildman–Crippen LogP) is 6.54. The lowest BCUT2D eigenvalue weighted by Crippen LogP contribution is -2.01. The highest BCUT2D eigenvalue weighted by Crippen LogP contribution is 2.41. The van der Waals surface area contributed by atoms with Gasteiger partial charge < -0.3 is 9.67 Å². The Hall–Kier alpha value is -2.83. The standard InChI is InChI=1S/C23H18ClFN2O2S/c1-3-14-9-16(12-26-11-14)27-13(2)22(17-8-7-15(24)10-19(17)27)30-20-6-4-5-18(21(20)25)23(28)29/h4-12H,3H2,1-2H3,(H,28,29). The van der Waals surface area contributed by atoms with Gasteiger partial charge in [0.25, 0.3) is 0 Å². The van der Waals surface area contributed by atoms with Gasteiger partial charge in [0.15, 0.2) is 5.82 Å². The Morgan fingerprint density at radius 2 is 2.03 bits per heavy atom. The number of pyridine rings is 1. The van der Waals surface area contributed by atoms with E-state index in [4.69, 9.17) is 11.6 Å². The van der Waals surface area contributed by atoms with Crippen LogP contribution < -0.4 is 0 Å². The van der Waals surface area contributed by atoms with Crippen LogP contribution in [0.5, 0.6) is 0 Å². The van der Waals surface area contributed by atoms with Crippen LogP contribution in [0.25, 0.3) is 16.6 Å². The second kappa shape index (κ2) is 8.13. The molecule has 0 radical (unpaired) electrons. The number of halogens is 2. The highest BCUT2D eigenvalue weighted by molar-refractivity contribution is 7.99. The number of benzene rings is 2. The van der Waals surface area contributed by atoms with Gasteiger partial charge in [0.2, 0.25) is 0 Å². The second-order valence-electron chi connectivity index (χ2n) is 6.84. The van der Waals surface area contributed by atoms with E-state index in [1.807, 2.05) is 25.3 Å². The van der Waals surface area contributed by atoms with Gasteiger partial charge in [0.05, 0.1) is 23.0 Å². The summed E-state index contributed by atoms with van der Waals surface area (Å²) in [7, 11) is 0. The number of aryl methyl sites for hydroxylation is 1. The van der Waals surface area contributed by atoms with Crippen molar-refractivity contribution < 1.29 is 14.3 Å². The van der Waals surface area contributed by atoms with E-state index in [9.17, 15) is 14.3 Å². The van der Waals surface area contributed by atoms with Crippen LogP contribution in [0.15, 0.2) is 64.6 Å². The number of rotatable bonds is 5. The van der Waals surface area contributed by atoms with Gasteiger partial charge in [-0.15, -0.1) is 0 Å². The SMILES string of the molecule is CCc1cncc(-n2c(C)c(Sc3cccc(C(=O)O)c3F)c3ccc(Cl)cc32)c1. The first-order valence-electron chi connectivity index (χ1n) is 9.35. The average Bonchev–Trinajstić information content (AvgIpc) is 3.00. The van der Waals surface area contributed by atoms with E-state index in [0.29, 0.717) is 5.02 Å². The van der Waals surface area contributed by atoms with Gasteiger partial charge in [0.1, 0.15) is 0 Å². The van der Waals surface area contributed by atoms with Crippen LogP contribution in [-0.2, 0) is 6.42 Å².